The number of para-hydroxylation sites is 1. The number of carbonyl (C=O) groups excluding carboxylic acids is 2. The first kappa shape index (κ1) is 19.3. The van der Waals surface area contributed by atoms with Gasteiger partial charge in [0.1, 0.15) is 0 Å². The zero-order valence-corrected chi connectivity index (χ0v) is 17.0. The Hall–Kier alpha value is -3.70. The van der Waals surface area contributed by atoms with Crippen molar-refractivity contribution in [3.05, 3.63) is 95.6 Å². The smallest absolute Gasteiger partial charge is 0.235 e. The van der Waals surface area contributed by atoms with E-state index in [1.807, 2.05) is 83.8 Å². The van der Waals surface area contributed by atoms with Crippen molar-refractivity contribution in [1.82, 2.24) is 9.88 Å². The Labute approximate surface area is 180 Å². The molecule has 0 fully saturated rings. The summed E-state index contributed by atoms with van der Waals surface area (Å²) in [7, 11) is 0. The Kier molecular flexibility index (Phi) is 4.88. The first-order valence-corrected chi connectivity index (χ1v) is 10.4. The zero-order valence-electron chi connectivity index (χ0n) is 17.0. The van der Waals surface area contributed by atoms with Crippen molar-refractivity contribution < 1.29 is 9.59 Å². The average Bonchev–Trinajstić information content (AvgIpc) is 3.19. The van der Waals surface area contributed by atoms with Crippen LogP contribution < -0.4 is 5.73 Å². The van der Waals surface area contributed by atoms with E-state index in [4.69, 9.17) is 5.73 Å². The van der Waals surface area contributed by atoms with Gasteiger partial charge < -0.3 is 10.7 Å². The summed E-state index contributed by atoms with van der Waals surface area (Å²) in [4.78, 5) is 31.2. The van der Waals surface area contributed by atoms with Crippen molar-refractivity contribution in [2.75, 3.05) is 6.54 Å². The van der Waals surface area contributed by atoms with Crippen LogP contribution in [0.25, 0.3) is 22.2 Å². The number of aromatic nitrogens is 1. The minimum atomic E-state index is -0.496. The predicted octanol–water partition coefficient (Wildman–Crippen LogP) is 3.93. The summed E-state index contributed by atoms with van der Waals surface area (Å²) < 4.78 is 0. The van der Waals surface area contributed by atoms with Crippen LogP contribution >= 0.6 is 0 Å². The molecule has 4 aromatic rings. The number of nitrogens with one attached hydrogen (secondary N) is 1. The molecule has 2 heterocycles. The molecule has 1 aromatic heterocycles. The number of nitrogens with two attached hydrogens (primary N) is 1. The summed E-state index contributed by atoms with van der Waals surface area (Å²) in [5.74, 6) is -0.425. The number of rotatable bonds is 5. The summed E-state index contributed by atoms with van der Waals surface area (Å²) in [6.45, 7) is 0.655. The average molecular weight is 409 g/mol. The molecular formula is C26H23N3O2. The maximum absolute atomic E-state index is 13.6. The summed E-state index contributed by atoms with van der Waals surface area (Å²) >= 11 is 0. The highest BCUT2D eigenvalue weighted by Gasteiger charge is 2.32. The molecule has 0 aliphatic carbocycles. The molecule has 0 saturated heterocycles. The number of carbonyl (C=O) groups is 2. The monoisotopic (exact) mass is 409 g/mol. The highest BCUT2D eigenvalue weighted by atomic mass is 16.1. The molecule has 5 heteroatoms. The van der Waals surface area contributed by atoms with Gasteiger partial charge in [-0.15, -0.1) is 0 Å². The third kappa shape index (κ3) is 3.53. The lowest BCUT2D eigenvalue weighted by atomic mass is 9.92. The van der Waals surface area contributed by atoms with Crippen LogP contribution in [-0.2, 0) is 17.8 Å². The molecule has 0 bridgehead atoms. The summed E-state index contributed by atoms with van der Waals surface area (Å²) in [5.41, 5.74) is 11.3. The van der Waals surface area contributed by atoms with Crippen LogP contribution in [0.4, 0.5) is 0 Å². The van der Waals surface area contributed by atoms with Crippen molar-refractivity contribution in [1.29, 1.82) is 0 Å². The summed E-state index contributed by atoms with van der Waals surface area (Å²) in [6.07, 6.45) is 0.526. The van der Waals surface area contributed by atoms with Crippen LogP contribution in [0.5, 0.6) is 0 Å². The van der Waals surface area contributed by atoms with Gasteiger partial charge in [0.25, 0.3) is 0 Å². The van der Waals surface area contributed by atoms with Crippen molar-refractivity contribution in [3.8, 4) is 11.3 Å². The number of benzene rings is 3. The highest BCUT2D eigenvalue weighted by Crippen LogP contribution is 2.32. The molecule has 1 aliphatic heterocycles. The van der Waals surface area contributed by atoms with E-state index in [0.29, 0.717) is 18.5 Å². The van der Waals surface area contributed by atoms with Crippen LogP contribution in [0.15, 0.2) is 78.9 Å². The number of hydrogen-bond acceptors (Lipinski definition) is 3. The molecule has 0 saturated carbocycles. The predicted molar refractivity (Wildman–Crippen MR) is 122 cm³/mol. The molecule has 1 aliphatic rings. The number of hydrogen-bond donors (Lipinski definition) is 2. The SMILES string of the molecule is NC(=O)[C@@H]1Cc2ccccc2CN1CC(=O)c1c(-c2ccccc2)[nH]c2ccccc12. The number of H-pyrrole nitrogens is 1. The fourth-order valence-electron chi connectivity index (χ4n) is 4.54. The van der Waals surface area contributed by atoms with Gasteiger partial charge in [-0.1, -0.05) is 72.8 Å². The third-order valence-electron chi connectivity index (χ3n) is 6.07. The minimum Gasteiger partial charge on any atom is -0.368 e. The molecule has 0 unspecified atom stereocenters. The van der Waals surface area contributed by atoms with Crippen molar-refractivity contribution >= 4 is 22.6 Å². The van der Waals surface area contributed by atoms with Gasteiger partial charge in [-0.25, -0.2) is 0 Å². The molecule has 31 heavy (non-hydrogen) atoms. The second-order valence-electron chi connectivity index (χ2n) is 8.01. The Balaban J connectivity index is 1.54. The van der Waals surface area contributed by atoms with Gasteiger partial charge in [0.15, 0.2) is 5.78 Å². The van der Waals surface area contributed by atoms with Gasteiger partial charge in [-0.3, -0.25) is 14.5 Å². The van der Waals surface area contributed by atoms with E-state index < -0.39 is 11.9 Å². The van der Waals surface area contributed by atoms with E-state index in [0.717, 1.165) is 33.3 Å². The highest BCUT2D eigenvalue weighted by molar-refractivity contribution is 6.14. The summed E-state index contributed by atoms with van der Waals surface area (Å²) in [5, 5.41) is 0.888. The summed E-state index contributed by atoms with van der Waals surface area (Å²) in [6, 6.07) is 25.2. The minimum absolute atomic E-state index is 0.0260. The van der Waals surface area contributed by atoms with Gasteiger partial charge in [0.05, 0.1) is 23.8 Å². The van der Waals surface area contributed by atoms with E-state index in [9.17, 15) is 9.59 Å². The molecule has 154 valence electrons. The molecular weight excluding hydrogens is 386 g/mol. The van der Waals surface area contributed by atoms with Gasteiger partial charge in [0.2, 0.25) is 5.91 Å². The van der Waals surface area contributed by atoms with Crippen LogP contribution in [0.1, 0.15) is 21.5 Å². The van der Waals surface area contributed by atoms with Gasteiger partial charge in [-0.2, -0.15) is 0 Å². The van der Waals surface area contributed by atoms with Crippen LogP contribution in [-0.4, -0.2) is 34.2 Å². The fraction of sp³-hybridized carbons (Fsp3) is 0.154. The molecule has 1 atom stereocenters. The largest absolute Gasteiger partial charge is 0.368 e. The van der Waals surface area contributed by atoms with E-state index in [-0.39, 0.29) is 12.3 Å². The van der Waals surface area contributed by atoms with Crippen LogP contribution in [0.3, 0.4) is 0 Å². The van der Waals surface area contributed by atoms with E-state index in [2.05, 4.69) is 4.98 Å². The molecule has 5 nitrogen and oxygen atoms in total. The van der Waals surface area contributed by atoms with Crippen molar-refractivity contribution in [2.45, 2.75) is 19.0 Å². The number of ketones is 1. The fourth-order valence-corrected chi connectivity index (χ4v) is 4.54. The Morgan fingerprint density at radius 3 is 2.35 bits per heavy atom. The first-order valence-electron chi connectivity index (χ1n) is 10.4. The van der Waals surface area contributed by atoms with Crippen molar-refractivity contribution in [3.63, 3.8) is 0 Å². The quantitative estimate of drug-likeness (QED) is 0.490. The van der Waals surface area contributed by atoms with Gasteiger partial charge in [-0.05, 0) is 29.2 Å². The number of fused-ring (bicyclic) bond motifs is 2. The first-order chi connectivity index (χ1) is 15.1. The molecule has 1 amide bonds. The second-order valence-corrected chi connectivity index (χ2v) is 8.01. The lowest BCUT2D eigenvalue weighted by Crippen LogP contribution is -2.50. The Bertz CT molecular complexity index is 1280. The van der Waals surface area contributed by atoms with Crippen molar-refractivity contribution in [2.24, 2.45) is 5.73 Å². The normalized spacial score (nSPS) is 16.2. The molecule has 0 radical (unpaired) electrons. The Morgan fingerprint density at radius 1 is 0.903 bits per heavy atom. The zero-order chi connectivity index (χ0) is 21.4. The van der Waals surface area contributed by atoms with E-state index in [1.54, 1.807) is 0 Å². The number of nitrogens with zero attached hydrogens (tertiary/aromatic N) is 1. The number of amides is 1. The van der Waals surface area contributed by atoms with E-state index >= 15 is 0 Å². The molecule has 3 aromatic carbocycles. The maximum atomic E-state index is 13.6. The van der Waals surface area contributed by atoms with Gasteiger partial charge >= 0.3 is 0 Å². The molecule has 3 N–H and O–H groups in total. The van der Waals surface area contributed by atoms with Crippen LogP contribution in [0.2, 0.25) is 0 Å². The third-order valence-corrected chi connectivity index (χ3v) is 6.07. The van der Waals surface area contributed by atoms with Crippen LogP contribution in [0, 0.1) is 0 Å². The maximum Gasteiger partial charge on any atom is 0.235 e. The molecule has 5 rings (SSSR count). The van der Waals surface area contributed by atoms with Gasteiger partial charge in [0, 0.05) is 17.4 Å². The number of Topliss-reactive ketones (excluding diaryl/α,β-unsaturated/α-hetero) is 1. The number of aromatic amines is 1. The second kappa shape index (κ2) is 7.85. The number of primary amides is 1. The standard InChI is InChI=1S/C26H23N3O2/c27-26(31)22-14-18-10-4-5-11-19(18)15-29(22)16-23(30)24-20-12-6-7-13-21(20)28-25(24)17-8-2-1-3-9-17/h1-13,22,28H,14-16H2,(H2,27,31)/t22-/m0/s1. The molecule has 0 spiro atoms. The lowest BCUT2D eigenvalue weighted by Gasteiger charge is -2.34. The van der Waals surface area contributed by atoms with E-state index in [1.165, 1.54) is 0 Å². The topological polar surface area (TPSA) is 79.2 Å². The lowest BCUT2D eigenvalue weighted by molar-refractivity contribution is -0.123. The Morgan fingerprint density at radius 2 is 1.58 bits per heavy atom.